The lowest BCUT2D eigenvalue weighted by molar-refractivity contribution is -0.138. The minimum absolute atomic E-state index is 0.0502. The molecule has 7 nitrogen and oxygen atoms in total. The predicted molar refractivity (Wildman–Crippen MR) is 94.6 cm³/mol. The number of nitriles is 1. The number of fused-ring (bicyclic) bond motifs is 1. The Bertz CT molecular complexity index is 872. The first kappa shape index (κ1) is 17.1. The van der Waals surface area contributed by atoms with Crippen LogP contribution in [-0.4, -0.2) is 32.5 Å². The molecular weight excluding hydrogens is 332 g/mol. The van der Waals surface area contributed by atoms with Crippen molar-refractivity contribution in [3.05, 3.63) is 32.6 Å². The molecule has 1 aliphatic heterocycles. The smallest absolute Gasteiger partial charge is 0.331 e. The van der Waals surface area contributed by atoms with Gasteiger partial charge in [-0.1, -0.05) is 12.8 Å². The van der Waals surface area contributed by atoms with Gasteiger partial charge in [0.1, 0.15) is 18.2 Å². The summed E-state index contributed by atoms with van der Waals surface area (Å²) in [4.78, 5) is 40.0. The second-order valence-electron chi connectivity index (χ2n) is 7.81. The minimum Gasteiger partial charge on any atom is -0.338 e. The fourth-order valence-corrected chi connectivity index (χ4v) is 4.61. The van der Waals surface area contributed by atoms with Crippen LogP contribution in [0.25, 0.3) is 0 Å². The molecule has 3 fully saturated rings. The van der Waals surface area contributed by atoms with Crippen molar-refractivity contribution < 1.29 is 4.79 Å². The van der Waals surface area contributed by atoms with Gasteiger partial charge < -0.3 is 4.90 Å². The molecule has 0 N–H and O–H groups in total. The Hall–Kier alpha value is -2.36. The largest absolute Gasteiger partial charge is 0.338 e. The molecular formula is C19H24N4O3. The molecule has 2 unspecified atom stereocenters. The van der Waals surface area contributed by atoms with E-state index in [1.54, 1.807) is 0 Å². The zero-order chi connectivity index (χ0) is 18.3. The van der Waals surface area contributed by atoms with E-state index < -0.39 is 11.2 Å². The number of aromatic nitrogens is 2. The van der Waals surface area contributed by atoms with Gasteiger partial charge in [0.2, 0.25) is 5.91 Å². The molecule has 138 valence electrons. The van der Waals surface area contributed by atoms with Crippen molar-refractivity contribution >= 4 is 5.91 Å². The second-order valence-corrected chi connectivity index (χ2v) is 7.81. The fraction of sp³-hybridized carbons (Fsp3) is 0.684. The van der Waals surface area contributed by atoms with E-state index in [2.05, 4.69) is 0 Å². The van der Waals surface area contributed by atoms with Crippen LogP contribution in [0.3, 0.4) is 0 Å². The van der Waals surface area contributed by atoms with Crippen LogP contribution in [0.5, 0.6) is 0 Å². The van der Waals surface area contributed by atoms with Crippen molar-refractivity contribution in [2.45, 2.75) is 70.0 Å². The van der Waals surface area contributed by atoms with Crippen LogP contribution in [0.1, 0.15) is 63.0 Å². The van der Waals surface area contributed by atoms with Crippen LogP contribution in [0.2, 0.25) is 0 Å². The summed E-state index contributed by atoms with van der Waals surface area (Å²) >= 11 is 0. The summed E-state index contributed by atoms with van der Waals surface area (Å²) < 4.78 is 2.42. The highest BCUT2D eigenvalue weighted by molar-refractivity contribution is 5.76. The van der Waals surface area contributed by atoms with Crippen LogP contribution in [0.15, 0.2) is 15.8 Å². The molecule has 2 saturated carbocycles. The summed E-state index contributed by atoms with van der Waals surface area (Å²) in [7, 11) is 0. The van der Waals surface area contributed by atoms with Crippen molar-refractivity contribution in [2.24, 2.45) is 5.92 Å². The average Bonchev–Trinajstić information content (AvgIpc) is 3.50. The lowest BCUT2D eigenvalue weighted by Gasteiger charge is -2.44. The first-order valence-corrected chi connectivity index (χ1v) is 9.65. The Kier molecular flexibility index (Phi) is 4.43. The van der Waals surface area contributed by atoms with E-state index in [4.69, 9.17) is 0 Å². The molecule has 2 aliphatic carbocycles. The second kappa shape index (κ2) is 6.75. The third-order valence-corrected chi connectivity index (χ3v) is 6.11. The Morgan fingerprint density at radius 2 is 1.85 bits per heavy atom. The quantitative estimate of drug-likeness (QED) is 0.819. The summed E-state index contributed by atoms with van der Waals surface area (Å²) in [6.07, 6.45) is 9.74. The fourth-order valence-electron chi connectivity index (χ4n) is 4.61. The van der Waals surface area contributed by atoms with Crippen molar-refractivity contribution in [1.82, 2.24) is 14.0 Å². The maximum atomic E-state index is 13.0. The lowest BCUT2D eigenvalue weighted by atomic mass is 9.78. The maximum Gasteiger partial charge on any atom is 0.331 e. The average molecular weight is 356 g/mol. The summed E-state index contributed by atoms with van der Waals surface area (Å²) in [6.45, 7) is 0.437. The van der Waals surface area contributed by atoms with Gasteiger partial charge in [0, 0.05) is 24.8 Å². The Labute approximate surface area is 151 Å². The van der Waals surface area contributed by atoms with E-state index in [9.17, 15) is 19.6 Å². The number of amides is 1. The number of rotatable bonds is 3. The molecule has 1 aromatic heterocycles. The van der Waals surface area contributed by atoms with Gasteiger partial charge in [0.05, 0.1) is 0 Å². The highest BCUT2D eigenvalue weighted by Crippen LogP contribution is 2.35. The molecule has 0 bridgehead atoms. The summed E-state index contributed by atoms with van der Waals surface area (Å²) in [5, 5.41) is 9.22. The van der Waals surface area contributed by atoms with Crippen molar-refractivity contribution in [3.63, 3.8) is 0 Å². The first-order valence-electron chi connectivity index (χ1n) is 9.65. The van der Waals surface area contributed by atoms with E-state index >= 15 is 0 Å². The predicted octanol–water partition coefficient (Wildman–Crippen LogP) is 1.40. The van der Waals surface area contributed by atoms with E-state index in [0.29, 0.717) is 12.5 Å². The number of carbonyl (C=O) groups excluding carboxylic acids is 1. The van der Waals surface area contributed by atoms with Crippen LogP contribution in [0.4, 0.5) is 0 Å². The van der Waals surface area contributed by atoms with Crippen LogP contribution < -0.4 is 11.2 Å². The molecule has 2 atom stereocenters. The number of carbonyl (C=O) groups is 1. The highest BCUT2D eigenvalue weighted by atomic mass is 16.2. The maximum absolute atomic E-state index is 13.0. The molecule has 4 rings (SSSR count). The van der Waals surface area contributed by atoms with Gasteiger partial charge in [-0.3, -0.25) is 14.2 Å². The molecule has 26 heavy (non-hydrogen) atoms. The Balaban J connectivity index is 1.63. The third kappa shape index (κ3) is 2.98. The molecule has 2 heterocycles. The van der Waals surface area contributed by atoms with E-state index in [1.807, 2.05) is 11.0 Å². The molecule has 1 saturated heterocycles. The zero-order valence-electron chi connectivity index (χ0n) is 14.9. The van der Waals surface area contributed by atoms with Gasteiger partial charge in [-0.15, -0.1) is 0 Å². The topological polar surface area (TPSA) is 88.1 Å². The van der Waals surface area contributed by atoms with E-state index in [0.717, 1.165) is 49.5 Å². The summed E-state index contributed by atoms with van der Waals surface area (Å²) in [6, 6.07) is 2.16. The Morgan fingerprint density at radius 3 is 2.58 bits per heavy atom. The van der Waals surface area contributed by atoms with Crippen molar-refractivity contribution in [3.8, 4) is 6.07 Å². The van der Waals surface area contributed by atoms with Gasteiger partial charge in [-0.05, 0) is 44.4 Å². The molecule has 7 heteroatoms. The summed E-state index contributed by atoms with van der Waals surface area (Å²) in [5.41, 5.74) is -1.19. The number of hydrogen-bond acceptors (Lipinski definition) is 4. The van der Waals surface area contributed by atoms with Gasteiger partial charge >= 0.3 is 5.69 Å². The summed E-state index contributed by atoms with van der Waals surface area (Å²) in [5.74, 6) is 0.380. The molecule has 1 amide bonds. The monoisotopic (exact) mass is 356 g/mol. The first-order chi connectivity index (χ1) is 12.6. The normalized spacial score (nSPS) is 25.4. The van der Waals surface area contributed by atoms with Crippen LogP contribution >= 0.6 is 0 Å². The van der Waals surface area contributed by atoms with Crippen molar-refractivity contribution in [1.29, 1.82) is 5.26 Å². The molecule has 0 radical (unpaired) electrons. The molecule has 0 aromatic carbocycles. The number of likely N-dealkylation sites (tertiary alicyclic amines) is 1. The molecule has 0 spiro atoms. The number of hydrogen-bond donors (Lipinski definition) is 0. The van der Waals surface area contributed by atoms with Gasteiger partial charge in [-0.25, -0.2) is 9.36 Å². The van der Waals surface area contributed by atoms with Crippen LogP contribution in [-0.2, 0) is 11.3 Å². The van der Waals surface area contributed by atoms with E-state index in [1.165, 1.54) is 17.2 Å². The standard InChI is InChI=1S/C19H24N4O3/c20-10-14-11-22(15-7-8-15)19(26)23(18(14)25)12-17(24)21-9-3-5-13-4-1-2-6-16(13)21/h11,13,15-16H,1-9,12H2. The third-order valence-electron chi connectivity index (χ3n) is 6.11. The van der Waals surface area contributed by atoms with Gasteiger partial charge in [-0.2, -0.15) is 5.26 Å². The van der Waals surface area contributed by atoms with Gasteiger partial charge in [0.25, 0.3) is 5.56 Å². The number of piperidine rings is 1. The lowest BCUT2D eigenvalue weighted by Crippen LogP contribution is -2.52. The zero-order valence-corrected chi connectivity index (χ0v) is 14.9. The highest BCUT2D eigenvalue weighted by Gasteiger charge is 2.36. The van der Waals surface area contributed by atoms with Crippen molar-refractivity contribution in [2.75, 3.05) is 6.54 Å². The minimum atomic E-state index is -0.653. The van der Waals surface area contributed by atoms with Gasteiger partial charge in [0.15, 0.2) is 0 Å². The number of nitrogens with zero attached hydrogens (tertiary/aromatic N) is 4. The molecule has 1 aromatic rings. The molecule has 3 aliphatic rings. The Morgan fingerprint density at radius 1 is 1.12 bits per heavy atom. The van der Waals surface area contributed by atoms with Crippen LogP contribution in [0, 0.1) is 17.2 Å². The van der Waals surface area contributed by atoms with E-state index in [-0.39, 0.29) is 30.1 Å². The SMILES string of the molecule is N#Cc1cn(C2CC2)c(=O)n(CC(=O)N2CCCC3CCCCC32)c1=O.